The molecular formula is C16H20N2O. The highest BCUT2D eigenvalue weighted by Crippen LogP contribution is 2.28. The number of fused-ring (bicyclic) bond motifs is 1. The number of nitrogens with one attached hydrogen (secondary N) is 1. The van der Waals surface area contributed by atoms with Crippen molar-refractivity contribution >= 4 is 16.6 Å². The Hall–Kier alpha value is -2.03. The van der Waals surface area contributed by atoms with E-state index in [2.05, 4.69) is 20.8 Å². The summed E-state index contributed by atoms with van der Waals surface area (Å²) in [5, 5.41) is 9.57. The average Bonchev–Trinajstić information content (AvgIpc) is 2.34. The van der Waals surface area contributed by atoms with Crippen molar-refractivity contribution in [2.45, 2.75) is 20.8 Å². The van der Waals surface area contributed by atoms with Gasteiger partial charge in [0.25, 0.3) is 0 Å². The van der Waals surface area contributed by atoms with E-state index in [9.17, 15) is 0 Å². The third-order valence-electron chi connectivity index (χ3n) is 2.81. The molecule has 0 heterocycles. The van der Waals surface area contributed by atoms with Crippen LogP contribution in [-0.2, 0) is 0 Å². The fourth-order valence-corrected chi connectivity index (χ4v) is 1.84. The van der Waals surface area contributed by atoms with E-state index in [1.807, 2.05) is 36.4 Å². The Morgan fingerprint density at radius 1 is 1.21 bits per heavy atom. The number of ether oxygens (including phenoxy) is 1. The van der Waals surface area contributed by atoms with Gasteiger partial charge in [0.15, 0.2) is 0 Å². The highest BCUT2D eigenvalue weighted by Gasteiger charge is 2.12. The molecule has 0 unspecified atom stereocenters. The van der Waals surface area contributed by atoms with Gasteiger partial charge in [0.05, 0.1) is 6.61 Å². The number of benzene rings is 2. The zero-order chi connectivity index (χ0) is 14.0. The highest BCUT2D eigenvalue weighted by molar-refractivity contribution is 6.00. The quantitative estimate of drug-likeness (QED) is 0.651. The Morgan fingerprint density at radius 2 is 1.95 bits per heavy atom. The number of hydrogen-bond donors (Lipinski definition) is 2. The van der Waals surface area contributed by atoms with E-state index >= 15 is 0 Å². The van der Waals surface area contributed by atoms with Crippen LogP contribution in [-0.4, -0.2) is 12.4 Å². The van der Waals surface area contributed by atoms with Gasteiger partial charge in [-0.2, -0.15) is 0 Å². The molecular weight excluding hydrogens is 236 g/mol. The van der Waals surface area contributed by atoms with Crippen LogP contribution in [0.3, 0.4) is 0 Å². The molecule has 19 heavy (non-hydrogen) atoms. The van der Waals surface area contributed by atoms with Crippen LogP contribution in [0.2, 0.25) is 0 Å². The zero-order valence-electron chi connectivity index (χ0n) is 11.7. The SMILES string of the molecule is CC(C)(C)COc1cccc2cc(C(=N)N)ccc12. The summed E-state index contributed by atoms with van der Waals surface area (Å²) < 4.78 is 5.90. The van der Waals surface area contributed by atoms with Crippen LogP contribution < -0.4 is 10.5 Å². The van der Waals surface area contributed by atoms with E-state index in [-0.39, 0.29) is 11.3 Å². The minimum atomic E-state index is 0.0860. The maximum atomic E-state index is 7.47. The fraction of sp³-hybridized carbons (Fsp3) is 0.312. The average molecular weight is 256 g/mol. The molecule has 0 saturated carbocycles. The monoisotopic (exact) mass is 256 g/mol. The van der Waals surface area contributed by atoms with Crippen molar-refractivity contribution in [1.29, 1.82) is 5.41 Å². The molecule has 2 aromatic rings. The van der Waals surface area contributed by atoms with E-state index in [1.165, 1.54) is 0 Å². The first kappa shape index (κ1) is 13.4. The molecule has 2 rings (SSSR count). The molecule has 0 aliphatic carbocycles. The number of rotatable bonds is 3. The molecule has 0 aliphatic rings. The number of nitrogen functional groups attached to an aromatic ring is 1. The van der Waals surface area contributed by atoms with Crippen molar-refractivity contribution < 1.29 is 4.74 Å². The maximum absolute atomic E-state index is 7.47. The Kier molecular flexibility index (Phi) is 3.47. The summed E-state index contributed by atoms with van der Waals surface area (Å²) in [5.74, 6) is 0.963. The Balaban J connectivity index is 2.38. The van der Waals surface area contributed by atoms with Crippen molar-refractivity contribution in [3.63, 3.8) is 0 Å². The molecule has 3 heteroatoms. The molecule has 3 N–H and O–H groups in total. The molecule has 3 nitrogen and oxygen atoms in total. The summed E-state index contributed by atoms with van der Waals surface area (Å²) in [6, 6.07) is 11.7. The lowest BCUT2D eigenvalue weighted by atomic mass is 9.98. The van der Waals surface area contributed by atoms with E-state index < -0.39 is 0 Å². The molecule has 0 spiro atoms. The van der Waals surface area contributed by atoms with Gasteiger partial charge in [-0.05, 0) is 29.0 Å². The fourth-order valence-electron chi connectivity index (χ4n) is 1.84. The van der Waals surface area contributed by atoms with Gasteiger partial charge in [0.2, 0.25) is 0 Å². The molecule has 0 radical (unpaired) electrons. The normalized spacial score (nSPS) is 11.5. The minimum absolute atomic E-state index is 0.0860. The summed E-state index contributed by atoms with van der Waals surface area (Å²) in [6.07, 6.45) is 0. The lowest BCUT2D eigenvalue weighted by Gasteiger charge is -2.19. The van der Waals surface area contributed by atoms with Crippen LogP contribution in [0.4, 0.5) is 0 Å². The zero-order valence-corrected chi connectivity index (χ0v) is 11.7. The van der Waals surface area contributed by atoms with Gasteiger partial charge in [-0.1, -0.05) is 39.0 Å². The highest BCUT2D eigenvalue weighted by atomic mass is 16.5. The summed E-state index contributed by atoms with van der Waals surface area (Å²) in [5.41, 5.74) is 6.37. The third-order valence-corrected chi connectivity index (χ3v) is 2.81. The van der Waals surface area contributed by atoms with Crippen molar-refractivity contribution in [3.05, 3.63) is 42.0 Å². The Labute approximate surface area is 113 Å². The second kappa shape index (κ2) is 4.92. The molecule has 0 atom stereocenters. The smallest absolute Gasteiger partial charge is 0.127 e. The molecule has 2 aromatic carbocycles. The molecule has 0 bridgehead atoms. The van der Waals surface area contributed by atoms with Crippen molar-refractivity contribution in [1.82, 2.24) is 0 Å². The molecule has 0 aliphatic heterocycles. The molecule has 0 fully saturated rings. The van der Waals surface area contributed by atoms with Gasteiger partial charge in [-0.3, -0.25) is 5.41 Å². The van der Waals surface area contributed by atoms with Gasteiger partial charge in [0.1, 0.15) is 11.6 Å². The van der Waals surface area contributed by atoms with Crippen LogP contribution in [0.5, 0.6) is 5.75 Å². The van der Waals surface area contributed by atoms with Gasteiger partial charge in [-0.25, -0.2) is 0 Å². The minimum Gasteiger partial charge on any atom is -0.492 e. The number of nitrogens with two attached hydrogens (primary N) is 1. The second-order valence-corrected chi connectivity index (χ2v) is 5.96. The van der Waals surface area contributed by atoms with Gasteiger partial charge < -0.3 is 10.5 Å². The standard InChI is InChI=1S/C16H20N2O/c1-16(2,3)10-19-14-6-4-5-11-9-12(15(17)18)7-8-13(11)14/h4-9H,10H2,1-3H3,(H3,17,18). The largest absolute Gasteiger partial charge is 0.492 e. The lowest BCUT2D eigenvalue weighted by Crippen LogP contribution is -2.17. The predicted octanol–water partition coefficient (Wildman–Crippen LogP) is 3.55. The van der Waals surface area contributed by atoms with Crippen LogP contribution in [0.1, 0.15) is 26.3 Å². The topological polar surface area (TPSA) is 59.1 Å². The molecule has 0 saturated heterocycles. The van der Waals surface area contributed by atoms with Gasteiger partial charge in [-0.15, -0.1) is 0 Å². The number of amidine groups is 1. The van der Waals surface area contributed by atoms with Crippen LogP contribution in [0.15, 0.2) is 36.4 Å². The first-order valence-electron chi connectivity index (χ1n) is 6.37. The second-order valence-electron chi connectivity index (χ2n) is 5.96. The Bertz CT molecular complexity index is 612. The van der Waals surface area contributed by atoms with Crippen molar-refractivity contribution in [2.24, 2.45) is 11.1 Å². The van der Waals surface area contributed by atoms with E-state index in [0.29, 0.717) is 6.61 Å². The van der Waals surface area contributed by atoms with E-state index in [1.54, 1.807) is 0 Å². The van der Waals surface area contributed by atoms with E-state index in [0.717, 1.165) is 22.1 Å². The lowest BCUT2D eigenvalue weighted by molar-refractivity contribution is 0.200. The maximum Gasteiger partial charge on any atom is 0.127 e. The summed E-state index contributed by atoms with van der Waals surface area (Å²) >= 11 is 0. The van der Waals surface area contributed by atoms with Gasteiger partial charge in [0, 0.05) is 10.9 Å². The molecule has 0 aromatic heterocycles. The van der Waals surface area contributed by atoms with Crippen LogP contribution in [0, 0.1) is 10.8 Å². The van der Waals surface area contributed by atoms with Crippen LogP contribution in [0.25, 0.3) is 10.8 Å². The van der Waals surface area contributed by atoms with Crippen molar-refractivity contribution in [2.75, 3.05) is 6.61 Å². The Morgan fingerprint density at radius 3 is 2.58 bits per heavy atom. The molecule has 100 valence electrons. The predicted molar refractivity (Wildman–Crippen MR) is 79.9 cm³/mol. The third kappa shape index (κ3) is 3.25. The number of hydrogen-bond acceptors (Lipinski definition) is 2. The molecule has 0 amide bonds. The van der Waals surface area contributed by atoms with Gasteiger partial charge >= 0.3 is 0 Å². The van der Waals surface area contributed by atoms with Crippen LogP contribution >= 0.6 is 0 Å². The van der Waals surface area contributed by atoms with Crippen molar-refractivity contribution in [3.8, 4) is 5.75 Å². The first-order valence-corrected chi connectivity index (χ1v) is 6.37. The summed E-state index contributed by atoms with van der Waals surface area (Å²) in [6.45, 7) is 7.10. The first-order chi connectivity index (χ1) is 8.87. The summed E-state index contributed by atoms with van der Waals surface area (Å²) in [4.78, 5) is 0. The van der Waals surface area contributed by atoms with E-state index in [4.69, 9.17) is 15.9 Å². The summed E-state index contributed by atoms with van der Waals surface area (Å²) in [7, 11) is 0.